The van der Waals surface area contributed by atoms with Gasteiger partial charge in [-0.1, -0.05) is 0 Å². The first-order valence-corrected chi connectivity index (χ1v) is 5.93. The lowest BCUT2D eigenvalue weighted by molar-refractivity contribution is 0.282. The van der Waals surface area contributed by atoms with Gasteiger partial charge < -0.3 is 15.2 Å². The fourth-order valence-electron chi connectivity index (χ4n) is 1.70. The molecule has 0 aliphatic heterocycles. The van der Waals surface area contributed by atoms with E-state index in [0.717, 1.165) is 17.3 Å². The zero-order chi connectivity index (χ0) is 13.7. The van der Waals surface area contributed by atoms with E-state index in [1.54, 1.807) is 18.8 Å². The van der Waals surface area contributed by atoms with Gasteiger partial charge in [-0.25, -0.2) is 4.68 Å². The molecule has 0 spiro atoms. The highest BCUT2D eigenvalue weighted by Crippen LogP contribution is 2.19. The van der Waals surface area contributed by atoms with E-state index in [1.165, 1.54) is 0 Å². The molecule has 0 radical (unpaired) electrons. The van der Waals surface area contributed by atoms with Gasteiger partial charge in [-0.05, 0) is 34.7 Å². The van der Waals surface area contributed by atoms with Crippen molar-refractivity contribution in [2.45, 2.75) is 5.92 Å². The standard InChI is InChI=1S/C12H17N5O2/c1-17-12(14-15-16-17)9(7-13)8-19-11-5-3-10(18-2)4-6-11/h3-6,9H,7-8,13H2,1-2H3. The van der Waals surface area contributed by atoms with Crippen LogP contribution in [0.15, 0.2) is 24.3 Å². The molecule has 1 unspecified atom stereocenters. The number of ether oxygens (including phenoxy) is 2. The highest BCUT2D eigenvalue weighted by molar-refractivity contribution is 5.31. The van der Waals surface area contributed by atoms with Gasteiger partial charge in [0.15, 0.2) is 5.82 Å². The second-order valence-corrected chi connectivity index (χ2v) is 4.08. The van der Waals surface area contributed by atoms with Crippen LogP contribution in [0, 0.1) is 0 Å². The number of tetrazole rings is 1. The van der Waals surface area contributed by atoms with E-state index in [2.05, 4.69) is 15.5 Å². The molecule has 102 valence electrons. The predicted molar refractivity (Wildman–Crippen MR) is 69.1 cm³/mol. The summed E-state index contributed by atoms with van der Waals surface area (Å²) in [6.07, 6.45) is 0. The molecular weight excluding hydrogens is 246 g/mol. The SMILES string of the molecule is COc1ccc(OCC(CN)c2nnnn2C)cc1. The summed E-state index contributed by atoms with van der Waals surface area (Å²) in [5.41, 5.74) is 5.73. The Bertz CT molecular complexity index is 511. The molecule has 1 heterocycles. The number of aryl methyl sites for hydroxylation is 1. The van der Waals surface area contributed by atoms with Gasteiger partial charge in [-0.2, -0.15) is 0 Å². The molecule has 0 aliphatic carbocycles. The van der Waals surface area contributed by atoms with Gasteiger partial charge in [0.2, 0.25) is 0 Å². The van der Waals surface area contributed by atoms with E-state index < -0.39 is 0 Å². The van der Waals surface area contributed by atoms with E-state index in [1.807, 2.05) is 24.3 Å². The Morgan fingerprint density at radius 3 is 2.47 bits per heavy atom. The highest BCUT2D eigenvalue weighted by Gasteiger charge is 2.17. The summed E-state index contributed by atoms with van der Waals surface area (Å²) in [5.74, 6) is 2.23. The van der Waals surface area contributed by atoms with Crippen LogP contribution >= 0.6 is 0 Å². The maximum absolute atomic E-state index is 5.73. The van der Waals surface area contributed by atoms with Crippen molar-refractivity contribution in [3.63, 3.8) is 0 Å². The van der Waals surface area contributed by atoms with Crippen molar-refractivity contribution in [3.05, 3.63) is 30.1 Å². The molecule has 0 amide bonds. The van der Waals surface area contributed by atoms with Crippen molar-refractivity contribution in [2.75, 3.05) is 20.3 Å². The van der Waals surface area contributed by atoms with E-state index in [4.69, 9.17) is 15.2 Å². The molecule has 19 heavy (non-hydrogen) atoms. The minimum atomic E-state index is -0.0397. The molecule has 0 aliphatic rings. The van der Waals surface area contributed by atoms with Crippen molar-refractivity contribution in [3.8, 4) is 11.5 Å². The molecule has 7 nitrogen and oxygen atoms in total. The molecule has 7 heteroatoms. The fraction of sp³-hybridized carbons (Fsp3) is 0.417. The van der Waals surface area contributed by atoms with Gasteiger partial charge in [-0.3, -0.25) is 0 Å². The largest absolute Gasteiger partial charge is 0.497 e. The monoisotopic (exact) mass is 263 g/mol. The Hall–Kier alpha value is -2.15. The summed E-state index contributed by atoms with van der Waals surface area (Å²) in [4.78, 5) is 0. The van der Waals surface area contributed by atoms with Crippen LogP contribution in [0.2, 0.25) is 0 Å². The molecule has 2 rings (SSSR count). The van der Waals surface area contributed by atoms with Crippen molar-refractivity contribution in [1.82, 2.24) is 20.2 Å². The number of hydrogen-bond donors (Lipinski definition) is 1. The quantitative estimate of drug-likeness (QED) is 0.808. The Morgan fingerprint density at radius 1 is 1.26 bits per heavy atom. The van der Waals surface area contributed by atoms with Crippen molar-refractivity contribution in [2.24, 2.45) is 12.8 Å². The van der Waals surface area contributed by atoms with Crippen LogP contribution in [0.5, 0.6) is 11.5 Å². The predicted octanol–water partition coefficient (Wildman–Crippen LogP) is 0.340. The smallest absolute Gasteiger partial charge is 0.158 e. The van der Waals surface area contributed by atoms with Crippen molar-refractivity contribution < 1.29 is 9.47 Å². The second-order valence-electron chi connectivity index (χ2n) is 4.08. The minimum Gasteiger partial charge on any atom is -0.497 e. The van der Waals surface area contributed by atoms with E-state index in [-0.39, 0.29) is 5.92 Å². The maximum Gasteiger partial charge on any atom is 0.158 e. The molecule has 0 saturated carbocycles. The lowest BCUT2D eigenvalue weighted by Crippen LogP contribution is -2.23. The van der Waals surface area contributed by atoms with E-state index >= 15 is 0 Å². The normalized spacial score (nSPS) is 12.2. The lowest BCUT2D eigenvalue weighted by atomic mass is 10.1. The summed E-state index contributed by atoms with van der Waals surface area (Å²) >= 11 is 0. The average Bonchev–Trinajstić information content (AvgIpc) is 2.87. The minimum absolute atomic E-state index is 0.0397. The summed E-state index contributed by atoms with van der Waals surface area (Å²) in [6.45, 7) is 0.849. The van der Waals surface area contributed by atoms with Gasteiger partial charge in [0.1, 0.15) is 11.5 Å². The average molecular weight is 263 g/mol. The fourth-order valence-corrected chi connectivity index (χ4v) is 1.70. The van der Waals surface area contributed by atoms with Crippen LogP contribution in [-0.2, 0) is 7.05 Å². The summed E-state index contributed by atoms with van der Waals surface area (Å²) in [6, 6.07) is 7.38. The molecule has 2 N–H and O–H groups in total. The summed E-state index contributed by atoms with van der Waals surface area (Å²) in [7, 11) is 3.41. The van der Waals surface area contributed by atoms with Gasteiger partial charge in [0.05, 0.1) is 19.6 Å². The number of rotatable bonds is 6. The van der Waals surface area contributed by atoms with Crippen LogP contribution in [0.1, 0.15) is 11.7 Å². The van der Waals surface area contributed by atoms with Crippen LogP contribution in [-0.4, -0.2) is 40.5 Å². The number of aromatic nitrogens is 4. The molecule has 2 aromatic rings. The van der Waals surface area contributed by atoms with Crippen molar-refractivity contribution >= 4 is 0 Å². The van der Waals surface area contributed by atoms with Gasteiger partial charge in [0.25, 0.3) is 0 Å². The highest BCUT2D eigenvalue weighted by atomic mass is 16.5. The second kappa shape index (κ2) is 6.14. The first-order valence-electron chi connectivity index (χ1n) is 5.93. The number of nitrogens with two attached hydrogens (primary N) is 1. The number of benzene rings is 1. The topological polar surface area (TPSA) is 88.1 Å². The molecule has 1 atom stereocenters. The van der Waals surface area contributed by atoms with Crippen LogP contribution in [0.3, 0.4) is 0 Å². The molecule has 0 saturated heterocycles. The molecular formula is C12H17N5O2. The molecule has 1 aromatic heterocycles. The van der Waals surface area contributed by atoms with Gasteiger partial charge in [-0.15, -0.1) is 5.10 Å². The maximum atomic E-state index is 5.73. The van der Waals surface area contributed by atoms with Crippen molar-refractivity contribution in [1.29, 1.82) is 0 Å². The Morgan fingerprint density at radius 2 is 1.95 bits per heavy atom. The van der Waals surface area contributed by atoms with Crippen LogP contribution in [0.4, 0.5) is 0 Å². The Labute approximate surface area is 111 Å². The number of nitrogens with zero attached hydrogens (tertiary/aromatic N) is 4. The zero-order valence-electron chi connectivity index (χ0n) is 11.0. The molecule has 0 bridgehead atoms. The molecule has 0 fully saturated rings. The van der Waals surface area contributed by atoms with E-state index in [0.29, 0.717) is 13.2 Å². The summed E-state index contributed by atoms with van der Waals surface area (Å²) in [5, 5.41) is 11.3. The van der Waals surface area contributed by atoms with Crippen LogP contribution in [0.25, 0.3) is 0 Å². The third-order valence-corrected chi connectivity index (χ3v) is 2.81. The van der Waals surface area contributed by atoms with Gasteiger partial charge in [0, 0.05) is 13.6 Å². The third-order valence-electron chi connectivity index (χ3n) is 2.81. The molecule has 1 aromatic carbocycles. The van der Waals surface area contributed by atoms with E-state index in [9.17, 15) is 0 Å². The Kier molecular flexibility index (Phi) is 4.30. The zero-order valence-corrected chi connectivity index (χ0v) is 11.0. The first kappa shape index (κ1) is 13.3. The van der Waals surface area contributed by atoms with Crippen LogP contribution < -0.4 is 15.2 Å². The number of hydrogen-bond acceptors (Lipinski definition) is 6. The van der Waals surface area contributed by atoms with Gasteiger partial charge >= 0.3 is 0 Å². The lowest BCUT2D eigenvalue weighted by Gasteiger charge is -2.14. The Balaban J connectivity index is 1.98. The summed E-state index contributed by atoms with van der Waals surface area (Å²) < 4.78 is 12.4. The number of methoxy groups -OCH3 is 1. The third kappa shape index (κ3) is 3.19. The first-order chi connectivity index (χ1) is 9.24.